The Morgan fingerprint density at radius 2 is 0.550 bits per heavy atom. The second kappa shape index (κ2) is 10.00. The van der Waals surface area contributed by atoms with Crippen molar-refractivity contribution in [3.05, 3.63) is 0 Å². The van der Waals surface area contributed by atoms with Gasteiger partial charge in [0.05, 0.1) is 0 Å². The van der Waals surface area contributed by atoms with Gasteiger partial charge >= 0.3 is 72.4 Å². The molecule has 0 saturated carbocycles. The van der Waals surface area contributed by atoms with Crippen molar-refractivity contribution in [2.75, 3.05) is 0 Å². The fourth-order valence-electron chi connectivity index (χ4n) is 1.42. The van der Waals surface area contributed by atoms with E-state index in [0.717, 1.165) is 0 Å². The first-order valence-electron chi connectivity index (χ1n) is 7.96. The van der Waals surface area contributed by atoms with Crippen LogP contribution in [0.15, 0.2) is 0 Å². The molecule has 2 atom stereocenters. The number of ether oxygens (including phenoxy) is 2. The van der Waals surface area contributed by atoms with E-state index in [2.05, 4.69) is 0 Å². The molecule has 0 N–H and O–H groups in total. The average Bonchev–Trinajstić information content (AvgIpc) is 2.67. The van der Waals surface area contributed by atoms with Crippen LogP contribution in [0.4, 0.5) is 96.6 Å². The van der Waals surface area contributed by atoms with Crippen LogP contribution in [0.3, 0.4) is 0 Å². The van der Waals surface area contributed by atoms with Gasteiger partial charge in [-0.3, -0.25) is 9.47 Å². The van der Waals surface area contributed by atoms with Crippen molar-refractivity contribution in [2.45, 2.75) is 60.5 Å². The summed E-state index contributed by atoms with van der Waals surface area (Å²) in [7, 11) is 0. The summed E-state index contributed by atoms with van der Waals surface area (Å²) >= 11 is 0. The molecule has 0 unspecified atom stereocenters. The maximum Gasteiger partial charge on any atom is 0.462 e. The van der Waals surface area contributed by atoms with E-state index in [1.807, 2.05) is 9.78 Å². The predicted molar refractivity (Wildman–Crippen MR) is 66.0 cm³/mol. The highest BCUT2D eigenvalue weighted by Gasteiger charge is 2.82. The zero-order valence-corrected chi connectivity index (χ0v) is 16.8. The summed E-state index contributed by atoms with van der Waals surface area (Å²) in [5.41, 5.74) is 0. The van der Waals surface area contributed by atoms with Crippen LogP contribution in [-0.4, -0.2) is 72.4 Å². The van der Waals surface area contributed by atoms with E-state index < -0.39 is 72.4 Å². The molecule has 28 heteroatoms. The maximum atomic E-state index is 13.8. The molecule has 0 heterocycles. The molecule has 40 heavy (non-hydrogen) atoms. The zero-order valence-electron chi connectivity index (χ0n) is 16.8. The molecule has 0 fully saturated rings. The summed E-state index contributed by atoms with van der Waals surface area (Å²) in [6.07, 6.45) is -46.3. The molecule has 0 spiro atoms. The molecule has 0 saturated heterocycles. The van der Waals surface area contributed by atoms with Gasteiger partial charge in [-0.2, -0.15) is 96.6 Å². The molecule has 0 aromatic heterocycles. The highest BCUT2D eigenvalue weighted by molar-refractivity contribution is 5.82. The van der Waals surface area contributed by atoms with Crippen LogP contribution < -0.4 is 0 Å². The smallest absolute Gasteiger partial charge is 0.260 e. The first-order chi connectivity index (χ1) is 17.0. The Labute approximate surface area is 199 Å². The van der Waals surface area contributed by atoms with Crippen molar-refractivity contribution in [3.8, 4) is 0 Å². The van der Waals surface area contributed by atoms with Gasteiger partial charge in [0.25, 0.3) is 0 Å². The molecule has 0 aromatic carbocycles. The normalized spacial score (nSPS) is 18.1. The van der Waals surface area contributed by atoms with Gasteiger partial charge in [0, 0.05) is 0 Å². The Morgan fingerprint density at radius 3 is 0.700 bits per heavy atom. The van der Waals surface area contributed by atoms with E-state index in [1.54, 1.807) is 0 Å². The summed E-state index contributed by atoms with van der Waals surface area (Å²) in [6, 6.07) is 0. The van der Waals surface area contributed by atoms with Gasteiger partial charge in [0.1, 0.15) is 0 Å². The van der Waals surface area contributed by atoms with E-state index >= 15 is 0 Å². The van der Waals surface area contributed by atoms with E-state index in [0.29, 0.717) is 0 Å². The Hall–Kier alpha value is -2.68. The number of carbonyl (C=O) groups excluding carboxylic acids is 2. The molecule has 0 radical (unpaired) electrons. The van der Waals surface area contributed by atoms with E-state index in [1.165, 1.54) is 9.47 Å². The summed E-state index contributed by atoms with van der Waals surface area (Å²) in [5.74, 6) is -40.2. The minimum absolute atomic E-state index is 1.44. The molecule has 238 valence electrons. The molecular formula is C12F22O6. The second-order valence-electron chi connectivity index (χ2n) is 6.31. The lowest BCUT2D eigenvalue weighted by molar-refractivity contribution is -0.482. The molecule has 0 aliphatic rings. The largest absolute Gasteiger partial charge is 0.462 e. The van der Waals surface area contributed by atoms with Gasteiger partial charge in [-0.1, -0.05) is 0 Å². The van der Waals surface area contributed by atoms with Crippen molar-refractivity contribution < 1.29 is 125 Å². The number of hydrogen-bond acceptors (Lipinski definition) is 6. The lowest BCUT2D eigenvalue weighted by atomic mass is 10.2. The van der Waals surface area contributed by atoms with E-state index in [9.17, 15) is 106 Å². The van der Waals surface area contributed by atoms with Gasteiger partial charge in [0.15, 0.2) is 0 Å². The van der Waals surface area contributed by atoms with Crippen LogP contribution >= 0.6 is 0 Å². The Kier molecular flexibility index (Phi) is 9.33. The SMILES string of the molecule is O=C(OOC(=O)[C@](F)(OC(F)(F)C(F)(F)C(F)(F)F)C(F)(F)F)[C@](F)(OC(F)(F)C(F)(F)C(F)(F)F)C(F)(F)F. The Bertz CT molecular complexity index is 868. The van der Waals surface area contributed by atoms with Crippen LogP contribution in [0.1, 0.15) is 0 Å². The highest BCUT2D eigenvalue weighted by atomic mass is 19.4. The molecule has 0 bridgehead atoms. The monoisotopic (exact) mass is 658 g/mol. The van der Waals surface area contributed by atoms with Gasteiger partial charge in [-0.25, -0.2) is 19.4 Å². The summed E-state index contributed by atoms with van der Waals surface area (Å²) < 4.78 is 280. The second-order valence-corrected chi connectivity index (χ2v) is 6.31. The Balaban J connectivity index is 6.39. The molecule has 6 nitrogen and oxygen atoms in total. The van der Waals surface area contributed by atoms with Crippen LogP contribution in [-0.2, 0) is 28.8 Å². The minimum atomic E-state index is -7.85. The van der Waals surface area contributed by atoms with Crippen molar-refractivity contribution in [3.63, 3.8) is 0 Å². The van der Waals surface area contributed by atoms with Crippen molar-refractivity contribution in [1.82, 2.24) is 0 Å². The minimum Gasteiger partial charge on any atom is -0.260 e. The summed E-state index contributed by atoms with van der Waals surface area (Å²) in [6.45, 7) is 0. The van der Waals surface area contributed by atoms with Gasteiger partial charge < -0.3 is 0 Å². The molecule has 0 rings (SSSR count). The summed E-state index contributed by atoms with van der Waals surface area (Å²) in [4.78, 5) is 26.0. The standard InChI is InChI=1S/C12F22O6/c13-3(7(19,20)21,39-11(31,32)5(15,16)9(25,26)27)1(35)37-38-2(36)4(14,8(22,23)24)40-12(33,34)6(17,18)10(28,29)30/t3-,4-/m0/s1. The summed E-state index contributed by atoms with van der Waals surface area (Å²) in [5, 5.41) is 0. The third-order valence-corrected chi connectivity index (χ3v) is 3.43. The molecule has 0 amide bonds. The fourth-order valence-corrected chi connectivity index (χ4v) is 1.42. The zero-order chi connectivity index (χ0) is 33.0. The van der Waals surface area contributed by atoms with Gasteiger partial charge in [0.2, 0.25) is 0 Å². The fraction of sp³-hybridized carbons (Fsp3) is 0.833. The number of hydrogen-bond donors (Lipinski definition) is 0. The van der Waals surface area contributed by atoms with Gasteiger partial charge in [-0.05, 0) is 0 Å². The topological polar surface area (TPSA) is 71.1 Å². The highest BCUT2D eigenvalue weighted by Crippen LogP contribution is 2.53. The van der Waals surface area contributed by atoms with Crippen molar-refractivity contribution in [2.24, 2.45) is 0 Å². The van der Waals surface area contributed by atoms with Crippen LogP contribution in [0.25, 0.3) is 0 Å². The third kappa shape index (κ3) is 6.45. The lowest BCUT2D eigenvalue weighted by Crippen LogP contribution is -2.63. The number of halogens is 22. The average molecular weight is 658 g/mol. The van der Waals surface area contributed by atoms with E-state index in [4.69, 9.17) is 0 Å². The van der Waals surface area contributed by atoms with Crippen LogP contribution in [0.2, 0.25) is 0 Å². The van der Waals surface area contributed by atoms with Gasteiger partial charge in [-0.15, -0.1) is 0 Å². The first-order valence-corrected chi connectivity index (χ1v) is 7.96. The number of carbonyl (C=O) groups is 2. The number of rotatable bonds is 8. The molecular weight excluding hydrogens is 658 g/mol. The molecule has 0 aliphatic heterocycles. The number of alkyl halides is 22. The molecule has 0 aromatic rings. The maximum absolute atomic E-state index is 13.8. The lowest BCUT2D eigenvalue weighted by Gasteiger charge is -2.34. The van der Waals surface area contributed by atoms with Crippen molar-refractivity contribution in [1.29, 1.82) is 0 Å². The third-order valence-electron chi connectivity index (χ3n) is 3.43. The quantitative estimate of drug-likeness (QED) is 0.180. The Morgan fingerprint density at radius 1 is 0.350 bits per heavy atom. The van der Waals surface area contributed by atoms with Crippen LogP contribution in [0, 0.1) is 0 Å². The first kappa shape index (κ1) is 37.3. The van der Waals surface area contributed by atoms with E-state index in [-0.39, 0.29) is 0 Å². The predicted octanol–water partition coefficient (Wildman–Crippen LogP) is 6.06. The van der Waals surface area contributed by atoms with Crippen LogP contribution in [0.5, 0.6) is 0 Å². The van der Waals surface area contributed by atoms with Crippen molar-refractivity contribution >= 4 is 11.9 Å². The molecule has 0 aliphatic carbocycles.